The van der Waals surface area contributed by atoms with E-state index in [1.165, 1.54) is 0 Å². The molecule has 4 nitrogen and oxygen atoms in total. The summed E-state index contributed by atoms with van der Waals surface area (Å²) in [6.45, 7) is 2.05. The number of methoxy groups -OCH3 is 1. The summed E-state index contributed by atoms with van der Waals surface area (Å²) in [5.41, 5.74) is 3.33. The molecule has 0 atom stereocenters. The number of hydrogen-bond donors (Lipinski definition) is 1. The van der Waals surface area contributed by atoms with Gasteiger partial charge in [0.1, 0.15) is 5.75 Å². The largest absolute Gasteiger partial charge is 0.496 e. The number of ether oxygens (including phenoxy) is 1. The van der Waals surface area contributed by atoms with Crippen LogP contribution < -0.4 is 10.2 Å². The summed E-state index contributed by atoms with van der Waals surface area (Å²) >= 11 is 0. The number of hydrazone groups is 1. The smallest absolute Gasteiger partial charge is 0.240 e. The van der Waals surface area contributed by atoms with Crippen LogP contribution in [0.15, 0.2) is 29.4 Å². The normalized spacial score (nSPS) is 10.5. The lowest BCUT2D eigenvalue weighted by molar-refractivity contribution is -0.121. The van der Waals surface area contributed by atoms with Crippen LogP contribution in [0.2, 0.25) is 0 Å². The van der Waals surface area contributed by atoms with E-state index in [2.05, 4.69) is 10.5 Å². The minimum Gasteiger partial charge on any atom is -0.496 e. The van der Waals surface area contributed by atoms with E-state index in [9.17, 15) is 4.79 Å². The molecule has 0 radical (unpaired) electrons. The van der Waals surface area contributed by atoms with Crippen LogP contribution in [-0.4, -0.2) is 19.2 Å². The summed E-state index contributed by atoms with van der Waals surface area (Å²) in [4.78, 5) is 11.3. The predicted molar refractivity (Wildman–Crippen MR) is 68.3 cm³/mol. The van der Waals surface area contributed by atoms with Gasteiger partial charge >= 0.3 is 0 Å². The standard InChI is InChI=1S/C13H18N2O2/c1-3-4-9-13(16)15-14-10-11-7-5-6-8-12(11)17-2/h5-8,10H,3-4,9H2,1-2H3,(H,15,16)/b14-10+. The highest BCUT2D eigenvalue weighted by Crippen LogP contribution is 2.14. The van der Waals surface area contributed by atoms with E-state index in [0.29, 0.717) is 6.42 Å². The molecule has 92 valence electrons. The van der Waals surface area contributed by atoms with Gasteiger partial charge in [0.25, 0.3) is 0 Å². The first-order valence-corrected chi connectivity index (χ1v) is 5.72. The molecule has 0 fully saturated rings. The zero-order chi connectivity index (χ0) is 12.5. The quantitative estimate of drug-likeness (QED) is 0.606. The Labute approximate surface area is 102 Å². The average Bonchev–Trinajstić information content (AvgIpc) is 2.37. The molecule has 4 heteroatoms. The SMILES string of the molecule is CCCCC(=O)N/N=C/c1ccccc1OC. The minimum atomic E-state index is -0.0574. The van der Waals surface area contributed by atoms with E-state index in [1.807, 2.05) is 31.2 Å². The van der Waals surface area contributed by atoms with E-state index < -0.39 is 0 Å². The van der Waals surface area contributed by atoms with Crippen molar-refractivity contribution in [2.24, 2.45) is 5.10 Å². The van der Waals surface area contributed by atoms with Crippen LogP contribution in [0.3, 0.4) is 0 Å². The van der Waals surface area contributed by atoms with Crippen molar-refractivity contribution in [1.29, 1.82) is 0 Å². The molecular weight excluding hydrogens is 216 g/mol. The van der Waals surface area contributed by atoms with Crippen LogP contribution in [0.4, 0.5) is 0 Å². The van der Waals surface area contributed by atoms with E-state index in [4.69, 9.17) is 4.74 Å². The van der Waals surface area contributed by atoms with Crippen molar-refractivity contribution in [3.63, 3.8) is 0 Å². The van der Waals surface area contributed by atoms with Crippen LogP contribution in [0.1, 0.15) is 31.7 Å². The van der Waals surface area contributed by atoms with Crippen LogP contribution in [0, 0.1) is 0 Å². The van der Waals surface area contributed by atoms with Crippen LogP contribution in [-0.2, 0) is 4.79 Å². The molecule has 17 heavy (non-hydrogen) atoms. The molecule has 0 bridgehead atoms. The lowest BCUT2D eigenvalue weighted by Gasteiger charge is -2.03. The van der Waals surface area contributed by atoms with Crippen molar-refractivity contribution in [1.82, 2.24) is 5.43 Å². The maximum Gasteiger partial charge on any atom is 0.240 e. The molecule has 0 unspecified atom stereocenters. The molecule has 1 N–H and O–H groups in total. The first-order valence-electron chi connectivity index (χ1n) is 5.72. The van der Waals surface area contributed by atoms with Crippen molar-refractivity contribution in [2.45, 2.75) is 26.2 Å². The van der Waals surface area contributed by atoms with Crippen molar-refractivity contribution in [2.75, 3.05) is 7.11 Å². The highest BCUT2D eigenvalue weighted by Gasteiger charge is 1.99. The second-order valence-corrected chi connectivity index (χ2v) is 3.64. The number of hydrogen-bond acceptors (Lipinski definition) is 3. The van der Waals surface area contributed by atoms with Crippen LogP contribution >= 0.6 is 0 Å². The fourth-order valence-corrected chi connectivity index (χ4v) is 1.34. The molecule has 0 aromatic heterocycles. The number of carbonyl (C=O) groups is 1. The molecule has 0 spiro atoms. The molecule has 1 aromatic carbocycles. The zero-order valence-corrected chi connectivity index (χ0v) is 10.3. The van der Waals surface area contributed by atoms with Gasteiger partial charge in [0, 0.05) is 12.0 Å². The minimum absolute atomic E-state index is 0.0574. The van der Waals surface area contributed by atoms with Gasteiger partial charge in [0.05, 0.1) is 13.3 Å². The summed E-state index contributed by atoms with van der Waals surface area (Å²) in [7, 11) is 1.60. The number of para-hydroxylation sites is 1. The average molecular weight is 234 g/mol. The van der Waals surface area contributed by atoms with E-state index >= 15 is 0 Å². The summed E-state index contributed by atoms with van der Waals surface area (Å²) in [5.74, 6) is 0.678. The number of carbonyl (C=O) groups excluding carboxylic acids is 1. The van der Waals surface area contributed by atoms with Gasteiger partial charge in [-0.15, -0.1) is 0 Å². The second kappa shape index (κ2) is 7.44. The fraction of sp³-hybridized carbons (Fsp3) is 0.385. The summed E-state index contributed by atoms with van der Waals surface area (Å²) < 4.78 is 5.16. The number of amides is 1. The van der Waals surface area contributed by atoms with Gasteiger partial charge in [-0.3, -0.25) is 4.79 Å². The number of benzene rings is 1. The molecule has 1 amide bonds. The Bertz CT molecular complexity index is 389. The molecular formula is C13H18N2O2. The summed E-state index contributed by atoms with van der Waals surface area (Å²) in [5, 5.41) is 3.90. The Hall–Kier alpha value is -1.84. The highest BCUT2D eigenvalue weighted by molar-refractivity contribution is 5.85. The number of unbranched alkanes of at least 4 members (excludes halogenated alkanes) is 1. The highest BCUT2D eigenvalue weighted by atomic mass is 16.5. The number of nitrogens with one attached hydrogen (secondary N) is 1. The molecule has 0 saturated carbocycles. The third-order valence-electron chi connectivity index (χ3n) is 2.29. The Morgan fingerprint density at radius 1 is 1.47 bits per heavy atom. The topological polar surface area (TPSA) is 50.7 Å². The second-order valence-electron chi connectivity index (χ2n) is 3.64. The van der Waals surface area contributed by atoms with Gasteiger partial charge < -0.3 is 4.74 Å². The third-order valence-corrected chi connectivity index (χ3v) is 2.29. The summed E-state index contributed by atoms with van der Waals surface area (Å²) in [6, 6.07) is 7.50. The Morgan fingerprint density at radius 2 is 2.24 bits per heavy atom. The fourth-order valence-electron chi connectivity index (χ4n) is 1.34. The van der Waals surface area contributed by atoms with Gasteiger partial charge in [-0.05, 0) is 18.6 Å². The molecule has 0 aliphatic rings. The third kappa shape index (κ3) is 4.68. The molecule has 1 rings (SSSR count). The Morgan fingerprint density at radius 3 is 2.94 bits per heavy atom. The van der Waals surface area contributed by atoms with E-state index in [1.54, 1.807) is 13.3 Å². The molecule has 0 aliphatic heterocycles. The zero-order valence-electron chi connectivity index (χ0n) is 10.3. The Kier molecular flexibility index (Phi) is 5.79. The van der Waals surface area contributed by atoms with Crippen molar-refractivity contribution < 1.29 is 9.53 Å². The predicted octanol–water partition coefficient (Wildman–Crippen LogP) is 2.34. The van der Waals surface area contributed by atoms with Gasteiger partial charge in [-0.25, -0.2) is 5.43 Å². The maximum atomic E-state index is 11.3. The summed E-state index contributed by atoms with van der Waals surface area (Å²) in [6.07, 6.45) is 3.99. The molecule has 0 aliphatic carbocycles. The van der Waals surface area contributed by atoms with Gasteiger partial charge in [-0.1, -0.05) is 25.5 Å². The molecule has 0 saturated heterocycles. The maximum absolute atomic E-state index is 11.3. The molecule has 0 heterocycles. The van der Waals surface area contributed by atoms with Crippen molar-refractivity contribution in [3.05, 3.63) is 29.8 Å². The number of nitrogens with zero attached hydrogens (tertiary/aromatic N) is 1. The lowest BCUT2D eigenvalue weighted by Crippen LogP contribution is -2.16. The Balaban J connectivity index is 2.50. The van der Waals surface area contributed by atoms with Gasteiger partial charge in [-0.2, -0.15) is 5.10 Å². The van der Waals surface area contributed by atoms with Gasteiger partial charge in [0.15, 0.2) is 0 Å². The van der Waals surface area contributed by atoms with E-state index in [-0.39, 0.29) is 5.91 Å². The monoisotopic (exact) mass is 234 g/mol. The molecule has 1 aromatic rings. The first kappa shape index (κ1) is 13.2. The van der Waals surface area contributed by atoms with Crippen molar-refractivity contribution >= 4 is 12.1 Å². The van der Waals surface area contributed by atoms with Crippen LogP contribution in [0.25, 0.3) is 0 Å². The van der Waals surface area contributed by atoms with Crippen molar-refractivity contribution in [3.8, 4) is 5.75 Å². The van der Waals surface area contributed by atoms with E-state index in [0.717, 1.165) is 24.2 Å². The van der Waals surface area contributed by atoms with Gasteiger partial charge in [0.2, 0.25) is 5.91 Å². The van der Waals surface area contributed by atoms with Crippen LogP contribution in [0.5, 0.6) is 5.75 Å². The first-order chi connectivity index (χ1) is 8.27. The lowest BCUT2D eigenvalue weighted by atomic mass is 10.2. The number of rotatable bonds is 6.